The second-order valence-corrected chi connectivity index (χ2v) is 6.62. The SMILES string of the molecule is CCNC(c1cccc2ncccc12)C1(C)CCCCC1. The third-order valence-corrected chi connectivity index (χ3v) is 5.09. The molecule has 1 aromatic carbocycles. The molecule has 0 amide bonds. The number of aromatic nitrogens is 1. The Kier molecular flexibility index (Phi) is 4.25. The van der Waals surface area contributed by atoms with Crippen LogP contribution in [0.3, 0.4) is 0 Å². The fourth-order valence-corrected chi connectivity index (χ4v) is 3.96. The summed E-state index contributed by atoms with van der Waals surface area (Å²) in [5.41, 5.74) is 2.89. The highest BCUT2D eigenvalue weighted by molar-refractivity contribution is 5.82. The van der Waals surface area contributed by atoms with Crippen molar-refractivity contribution in [1.29, 1.82) is 0 Å². The van der Waals surface area contributed by atoms with Crippen molar-refractivity contribution in [3.8, 4) is 0 Å². The Balaban J connectivity index is 2.07. The van der Waals surface area contributed by atoms with Gasteiger partial charge in [-0.25, -0.2) is 0 Å². The van der Waals surface area contributed by atoms with Gasteiger partial charge in [-0.1, -0.05) is 51.3 Å². The molecule has 2 heteroatoms. The average molecular weight is 282 g/mol. The van der Waals surface area contributed by atoms with Gasteiger partial charge in [-0.2, -0.15) is 0 Å². The molecular weight excluding hydrogens is 256 g/mol. The summed E-state index contributed by atoms with van der Waals surface area (Å²) in [7, 11) is 0. The summed E-state index contributed by atoms with van der Waals surface area (Å²) in [6, 6.07) is 11.3. The Morgan fingerprint density at radius 2 is 1.95 bits per heavy atom. The van der Waals surface area contributed by atoms with E-state index in [1.165, 1.54) is 43.1 Å². The van der Waals surface area contributed by atoms with E-state index >= 15 is 0 Å². The molecule has 2 aromatic rings. The Hall–Kier alpha value is -1.41. The quantitative estimate of drug-likeness (QED) is 0.866. The first-order chi connectivity index (χ1) is 10.2. The van der Waals surface area contributed by atoms with Crippen LogP contribution in [0.5, 0.6) is 0 Å². The van der Waals surface area contributed by atoms with Crippen molar-refractivity contribution in [3.05, 3.63) is 42.1 Å². The van der Waals surface area contributed by atoms with Crippen molar-refractivity contribution >= 4 is 10.9 Å². The molecular formula is C19H26N2. The summed E-state index contributed by atoms with van der Waals surface area (Å²) < 4.78 is 0. The zero-order valence-corrected chi connectivity index (χ0v) is 13.2. The molecule has 0 spiro atoms. The van der Waals surface area contributed by atoms with E-state index in [1.807, 2.05) is 6.20 Å². The van der Waals surface area contributed by atoms with Gasteiger partial charge in [0.1, 0.15) is 0 Å². The first-order valence-electron chi connectivity index (χ1n) is 8.31. The van der Waals surface area contributed by atoms with Gasteiger partial charge in [0.2, 0.25) is 0 Å². The van der Waals surface area contributed by atoms with Gasteiger partial charge in [0.05, 0.1) is 5.52 Å². The van der Waals surface area contributed by atoms with Crippen molar-refractivity contribution in [2.45, 2.75) is 52.0 Å². The van der Waals surface area contributed by atoms with E-state index in [2.05, 4.69) is 54.5 Å². The smallest absolute Gasteiger partial charge is 0.0705 e. The normalized spacial score (nSPS) is 19.5. The highest BCUT2D eigenvalue weighted by Gasteiger charge is 2.36. The van der Waals surface area contributed by atoms with Crippen LogP contribution in [-0.2, 0) is 0 Å². The summed E-state index contributed by atoms with van der Waals surface area (Å²) in [6.45, 7) is 5.69. The second-order valence-electron chi connectivity index (χ2n) is 6.62. The third-order valence-electron chi connectivity index (χ3n) is 5.09. The van der Waals surface area contributed by atoms with Crippen LogP contribution in [0.25, 0.3) is 10.9 Å². The fourth-order valence-electron chi connectivity index (χ4n) is 3.96. The van der Waals surface area contributed by atoms with Gasteiger partial charge < -0.3 is 5.32 Å². The van der Waals surface area contributed by atoms with Gasteiger partial charge >= 0.3 is 0 Å². The van der Waals surface area contributed by atoms with Crippen molar-refractivity contribution in [2.75, 3.05) is 6.54 Å². The number of pyridine rings is 1. The summed E-state index contributed by atoms with van der Waals surface area (Å²) >= 11 is 0. The van der Waals surface area contributed by atoms with Crippen molar-refractivity contribution < 1.29 is 0 Å². The minimum Gasteiger partial charge on any atom is -0.310 e. The first-order valence-corrected chi connectivity index (χ1v) is 8.31. The summed E-state index contributed by atoms with van der Waals surface area (Å²) in [5, 5.41) is 5.08. The maximum Gasteiger partial charge on any atom is 0.0705 e. The van der Waals surface area contributed by atoms with Crippen LogP contribution >= 0.6 is 0 Å². The predicted molar refractivity (Wildman–Crippen MR) is 89.4 cm³/mol. The van der Waals surface area contributed by atoms with E-state index in [-0.39, 0.29) is 0 Å². The average Bonchev–Trinajstić information content (AvgIpc) is 2.53. The minimum atomic E-state index is 0.360. The molecule has 21 heavy (non-hydrogen) atoms. The molecule has 1 heterocycles. The number of benzene rings is 1. The molecule has 3 rings (SSSR count). The van der Waals surface area contributed by atoms with E-state index in [1.54, 1.807) is 0 Å². The number of nitrogens with one attached hydrogen (secondary N) is 1. The maximum atomic E-state index is 4.52. The zero-order valence-electron chi connectivity index (χ0n) is 13.2. The molecule has 1 fully saturated rings. The van der Waals surface area contributed by atoms with Gasteiger partial charge in [0, 0.05) is 17.6 Å². The minimum absolute atomic E-state index is 0.360. The first kappa shape index (κ1) is 14.5. The van der Waals surface area contributed by atoms with Gasteiger partial charge in [-0.05, 0) is 42.5 Å². The van der Waals surface area contributed by atoms with E-state index < -0.39 is 0 Å². The summed E-state index contributed by atoms with van der Waals surface area (Å²) in [6.07, 6.45) is 8.65. The number of hydrogen-bond acceptors (Lipinski definition) is 2. The van der Waals surface area contributed by atoms with Crippen LogP contribution in [0.2, 0.25) is 0 Å². The molecule has 0 saturated heterocycles. The highest BCUT2D eigenvalue weighted by atomic mass is 14.9. The van der Waals surface area contributed by atoms with Crippen LogP contribution in [0, 0.1) is 5.41 Å². The van der Waals surface area contributed by atoms with Gasteiger partial charge in [0.15, 0.2) is 0 Å². The van der Waals surface area contributed by atoms with E-state index in [9.17, 15) is 0 Å². The molecule has 1 saturated carbocycles. The molecule has 1 unspecified atom stereocenters. The number of hydrogen-bond donors (Lipinski definition) is 1. The molecule has 1 atom stereocenters. The number of rotatable bonds is 4. The van der Waals surface area contributed by atoms with Crippen LogP contribution in [0.1, 0.15) is 57.6 Å². The van der Waals surface area contributed by atoms with Gasteiger partial charge in [-0.3, -0.25) is 4.98 Å². The van der Waals surface area contributed by atoms with Gasteiger partial charge in [0.25, 0.3) is 0 Å². The molecule has 0 radical (unpaired) electrons. The van der Waals surface area contributed by atoms with Crippen molar-refractivity contribution in [1.82, 2.24) is 10.3 Å². The molecule has 2 nitrogen and oxygen atoms in total. The summed E-state index contributed by atoms with van der Waals surface area (Å²) in [5.74, 6) is 0. The lowest BCUT2D eigenvalue weighted by molar-refractivity contribution is 0.147. The van der Waals surface area contributed by atoms with Crippen LogP contribution in [0.15, 0.2) is 36.5 Å². The highest BCUT2D eigenvalue weighted by Crippen LogP contribution is 2.46. The number of fused-ring (bicyclic) bond motifs is 1. The largest absolute Gasteiger partial charge is 0.310 e. The fraction of sp³-hybridized carbons (Fsp3) is 0.526. The Morgan fingerprint density at radius 1 is 1.14 bits per heavy atom. The Bertz CT molecular complexity index is 594. The predicted octanol–water partition coefficient (Wildman–Crippen LogP) is 4.86. The molecule has 1 N–H and O–H groups in total. The second kappa shape index (κ2) is 6.15. The van der Waals surface area contributed by atoms with Crippen LogP contribution in [-0.4, -0.2) is 11.5 Å². The standard InChI is InChI=1S/C19H26N2/c1-3-20-18(19(2)12-5-4-6-13-19)16-9-7-11-17-15(16)10-8-14-21-17/h7-11,14,18,20H,3-6,12-13H2,1-2H3. The summed E-state index contributed by atoms with van der Waals surface area (Å²) in [4.78, 5) is 4.52. The van der Waals surface area contributed by atoms with Crippen molar-refractivity contribution in [3.63, 3.8) is 0 Å². The third kappa shape index (κ3) is 2.82. The molecule has 112 valence electrons. The molecule has 0 aliphatic heterocycles. The van der Waals surface area contributed by atoms with Crippen LogP contribution < -0.4 is 5.32 Å². The van der Waals surface area contributed by atoms with Crippen molar-refractivity contribution in [2.24, 2.45) is 5.41 Å². The zero-order chi connectivity index (χ0) is 14.7. The molecule has 0 bridgehead atoms. The Labute approximate surface area is 128 Å². The lowest BCUT2D eigenvalue weighted by Gasteiger charge is -2.42. The monoisotopic (exact) mass is 282 g/mol. The topological polar surface area (TPSA) is 24.9 Å². The lowest BCUT2D eigenvalue weighted by Crippen LogP contribution is -2.37. The van der Waals surface area contributed by atoms with E-state index in [0.717, 1.165) is 12.1 Å². The number of nitrogens with zero attached hydrogens (tertiary/aromatic N) is 1. The lowest BCUT2D eigenvalue weighted by atomic mass is 9.68. The van der Waals surface area contributed by atoms with Gasteiger partial charge in [-0.15, -0.1) is 0 Å². The molecule has 1 aliphatic carbocycles. The molecule has 1 aliphatic rings. The van der Waals surface area contributed by atoms with Crippen LogP contribution in [0.4, 0.5) is 0 Å². The van der Waals surface area contributed by atoms with E-state index in [4.69, 9.17) is 0 Å². The van der Waals surface area contributed by atoms with E-state index in [0.29, 0.717) is 11.5 Å². The maximum absolute atomic E-state index is 4.52. The molecule has 1 aromatic heterocycles. The Morgan fingerprint density at radius 3 is 2.71 bits per heavy atom.